The largest absolute Gasteiger partial charge is 0.390 e. The monoisotopic (exact) mass is 499 g/mol. The molecule has 0 aromatic heterocycles. The van der Waals surface area contributed by atoms with E-state index >= 15 is 0 Å². The van der Waals surface area contributed by atoms with Gasteiger partial charge in [0.05, 0.1) is 5.60 Å². The molecule has 0 radical (unpaired) electrons. The van der Waals surface area contributed by atoms with E-state index in [2.05, 4.69) is 27.7 Å². The van der Waals surface area contributed by atoms with Crippen LogP contribution in [0.15, 0.2) is 11.6 Å². The maximum Gasteiger partial charge on any atom is 0.222 e. The zero-order valence-corrected chi connectivity index (χ0v) is 23.9. The summed E-state index contributed by atoms with van der Waals surface area (Å²) in [4.78, 5) is 26.6. The molecule has 0 aliphatic heterocycles. The Hall–Kier alpha value is -1.16. The van der Waals surface area contributed by atoms with Gasteiger partial charge in [0.2, 0.25) is 5.91 Å². The first-order valence-corrected chi connectivity index (χ1v) is 15.2. The molecule has 0 saturated heterocycles. The van der Waals surface area contributed by atoms with E-state index in [9.17, 15) is 14.7 Å². The van der Waals surface area contributed by atoms with Gasteiger partial charge in [-0.1, -0.05) is 52.0 Å². The summed E-state index contributed by atoms with van der Waals surface area (Å²) in [6.07, 6.45) is 17.9. The number of hydrogen-bond donors (Lipinski definition) is 1. The van der Waals surface area contributed by atoms with E-state index in [1.165, 1.54) is 31.3 Å². The molecule has 0 unspecified atom stereocenters. The summed E-state index contributed by atoms with van der Waals surface area (Å²) in [5.41, 5.74) is 1.09. The van der Waals surface area contributed by atoms with Crippen LogP contribution in [-0.2, 0) is 9.59 Å². The molecular formula is C32H53NO3. The van der Waals surface area contributed by atoms with Gasteiger partial charge in [0.25, 0.3) is 0 Å². The third-order valence-electron chi connectivity index (χ3n) is 11.7. The van der Waals surface area contributed by atoms with Crippen molar-refractivity contribution >= 4 is 11.7 Å². The molecule has 4 rings (SSSR count). The fraction of sp³-hybridized carbons (Fsp3) is 0.875. The highest BCUT2D eigenvalue weighted by Crippen LogP contribution is 2.69. The van der Waals surface area contributed by atoms with Crippen LogP contribution < -0.4 is 0 Å². The second-order valence-corrected chi connectivity index (χ2v) is 13.7. The standard InChI is InChI=1S/C32H53NO3/c1-6-7-20-33(5)28(35)13-11-9-8-10-12-23-21-24-22-25(34)14-17-30(24,2)26-15-18-31(3)27(29(23)26)16-19-32(31,4)36/h22-23,26-27,29,36H,6-21H2,1-5H3/t23-,26+,27+,29-,30+,31+,32+/m1/s1. The number of ketones is 1. The molecule has 4 heteroatoms. The number of aliphatic hydroxyl groups is 1. The van der Waals surface area contributed by atoms with E-state index in [-0.39, 0.29) is 10.8 Å². The predicted molar refractivity (Wildman–Crippen MR) is 146 cm³/mol. The van der Waals surface area contributed by atoms with Crippen molar-refractivity contribution in [2.45, 2.75) is 130 Å². The van der Waals surface area contributed by atoms with Crippen molar-refractivity contribution in [3.8, 4) is 0 Å². The molecule has 36 heavy (non-hydrogen) atoms. The van der Waals surface area contributed by atoms with Crippen LogP contribution in [0.3, 0.4) is 0 Å². The molecular weight excluding hydrogens is 446 g/mol. The second-order valence-electron chi connectivity index (χ2n) is 13.7. The Morgan fingerprint density at radius 2 is 1.75 bits per heavy atom. The van der Waals surface area contributed by atoms with Gasteiger partial charge in [-0.25, -0.2) is 0 Å². The Balaban J connectivity index is 1.39. The maximum absolute atomic E-state index is 12.4. The van der Waals surface area contributed by atoms with E-state index in [4.69, 9.17) is 0 Å². The zero-order valence-electron chi connectivity index (χ0n) is 23.9. The summed E-state index contributed by atoms with van der Waals surface area (Å²) >= 11 is 0. The lowest BCUT2D eigenvalue weighted by atomic mass is 9.44. The van der Waals surface area contributed by atoms with Crippen LogP contribution in [0.5, 0.6) is 0 Å². The number of nitrogens with zero attached hydrogens (tertiary/aromatic N) is 1. The molecule has 3 fully saturated rings. The van der Waals surface area contributed by atoms with Gasteiger partial charge in [0, 0.05) is 26.4 Å². The van der Waals surface area contributed by atoms with Gasteiger partial charge in [0.15, 0.2) is 5.78 Å². The van der Waals surface area contributed by atoms with Gasteiger partial charge in [-0.05, 0) is 105 Å². The molecule has 4 aliphatic carbocycles. The van der Waals surface area contributed by atoms with Crippen LogP contribution in [0.2, 0.25) is 0 Å². The number of carbonyl (C=O) groups excluding carboxylic acids is 2. The van der Waals surface area contributed by atoms with E-state index in [1.54, 1.807) is 0 Å². The van der Waals surface area contributed by atoms with Crippen LogP contribution in [0, 0.1) is 34.5 Å². The van der Waals surface area contributed by atoms with Crippen molar-refractivity contribution in [3.63, 3.8) is 0 Å². The Morgan fingerprint density at radius 3 is 2.50 bits per heavy atom. The highest BCUT2D eigenvalue weighted by atomic mass is 16.3. The molecule has 0 aromatic rings. The average molecular weight is 500 g/mol. The van der Waals surface area contributed by atoms with Gasteiger partial charge in [0.1, 0.15) is 0 Å². The Kier molecular flexibility index (Phi) is 8.44. The molecule has 204 valence electrons. The van der Waals surface area contributed by atoms with Crippen molar-refractivity contribution in [1.29, 1.82) is 0 Å². The summed E-state index contributed by atoms with van der Waals surface area (Å²) in [5.74, 6) is 3.17. The van der Waals surface area contributed by atoms with Crippen LogP contribution in [0.1, 0.15) is 124 Å². The minimum atomic E-state index is -0.552. The molecule has 0 heterocycles. The molecule has 3 saturated carbocycles. The lowest BCUT2D eigenvalue weighted by Gasteiger charge is -2.61. The zero-order chi connectivity index (χ0) is 26.1. The molecule has 4 aliphatic rings. The van der Waals surface area contributed by atoms with Crippen LogP contribution >= 0.6 is 0 Å². The van der Waals surface area contributed by atoms with Gasteiger partial charge >= 0.3 is 0 Å². The number of carbonyl (C=O) groups is 2. The van der Waals surface area contributed by atoms with Crippen LogP contribution in [-0.4, -0.2) is 40.9 Å². The Morgan fingerprint density at radius 1 is 1.03 bits per heavy atom. The highest BCUT2D eigenvalue weighted by Gasteiger charge is 2.64. The van der Waals surface area contributed by atoms with Crippen molar-refractivity contribution < 1.29 is 14.7 Å². The lowest BCUT2D eigenvalue weighted by molar-refractivity contribution is -0.135. The summed E-state index contributed by atoms with van der Waals surface area (Å²) < 4.78 is 0. The molecule has 0 bridgehead atoms. The number of unbranched alkanes of at least 4 members (excludes halogenated alkanes) is 4. The summed E-state index contributed by atoms with van der Waals surface area (Å²) in [5, 5.41) is 11.4. The highest BCUT2D eigenvalue weighted by molar-refractivity contribution is 5.91. The van der Waals surface area contributed by atoms with Crippen LogP contribution in [0.4, 0.5) is 0 Å². The Labute approximate surface area is 220 Å². The third kappa shape index (κ3) is 5.09. The number of amides is 1. The SMILES string of the molecule is CCCCN(C)C(=O)CCCCCC[C@@H]1CC2=CC(=O)CC[C@]2(C)[C@H]2CC[C@@]3(C)[C@@H](CC[C@]3(C)O)[C@H]12. The van der Waals surface area contributed by atoms with E-state index < -0.39 is 5.60 Å². The first kappa shape index (κ1) is 27.9. The van der Waals surface area contributed by atoms with Crippen molar-refractivity contribution in [3.05, 3.63) is 11.6 Å². The topological polar surface area (TPSA) is 57.6 Å². The minimum Gasteiger partial charge on any atom is -0.390 e. The van der Waals surface area contributed by atoms with Crippen molar-refractivity contribution in [1.82, 2.24) is 4.90 Å². The van der Waals surface area contributed by atoms with E-state index in [0.29, 0.717) is 48.2 Å². The van der Waals surface area contributed by atoms with Gasteiger partial charge < -0.3 is 10.0 Å². The molecule has 0 aromatic carbocycles. The van der Waals surface area contributed by atoms with E-state index in [1.807, 2.05) is 18.0 Å². The molecule has 1 N–H and O–H groups in total. The molecule has 0 spiro atoms. The minimum absolute atomic E-state index is 0.0264. The molecule has 4 nitrogen and oxygen atoms in total. The smallest absolute Gasteiger partial charge is 0.222 e. The quantitative estimate of drug-likeness (QED) is 0.326. The van der Waals surface area contributed by atoms with Crippen LogP contribution in [0.25, 0.3) is 0 Å². The van der Waals surface area contributed by atoms with Gasteiger partial charge in [-0.2, -0.15) is 0 Å². The third-order valence-corrected chi connectivity index (χ3v) is 11.7. The number of rotatable bonds is 10. The first-order valence-electron chi connectivity index (χ1n) is 15.2. The summed E-state index contributed by atoms with van der Waals surface area (Å²) in [6, 6.07) is 0. The Bertz CT molecular complexity index is 846. The fourth-order valence-electron chi connectivity index (χ4n) is 8.99. The maximum atomic E-state index is 12.4. The van der Waals surface area contributed by atoms with Crippen molar-refractivity contribution in [2.24, 2.45) is 34.5 Å². The summed E-state index contributed by atoms with van der Waals surface area (Å²) in [6.45, 7) is 9.98. The number of hydrogen-bond acceptors (Lipinski definition) is 3. The molecule has 1 amide bonds. The summed E-state index contributed by atoms with van der Waals surface area (Å²) in [7, 11) is 1.94. The van der Waals surface area contributed by atoms with E-state index in [0.717, 1.165) is 64.3 Å². The number of fused-ring (bicyclic) bond motifs is 5. The van der Waals surface area contributed by atoms with Gasteiger partial charge in [-0.3, -0.25) is 9.59 Å². The molecule has 7 atom stereocenters. The number of allylic oxidation sites excluding steroid dienone is 1. The van der Waals surface area contributed by atoms with Crippen molar-refractivity contribution in [2.75, 3.05) is 13.6 Å². The second kappa shape index (κ2) is 10.9. The lowest BCUT2D eigenvalue weighted by Crippen LogP contribution is -2.56. The predicted octanol–water partition coefficient (Wildman–Crippen LogP) is 7.09. The fourth-order valence-corrected chi connectivity index (χ4v) is 8.99. The first-order chi connectivity index (χ1) is 17.0. The van der Waals surface area contributed by atoms with Gasteiger partial charge in [-0.15, -0.1) is 0 Å². The normalized spacial score (nSPS) is 39.7. The average Bonchev–Trinajstić information content (AvgIpc) is 3.09.